The van der Waals surface area contributed by atoms with Crippen LogP contribution in [0.4, 0.5) is 10.5 Å². The number of nitrogens with one attached hydrogen (secondary N) is 1. The topological polar surface area (TPSA) is 64.3 Å². The van der Waals surface area contributed by atoms with E-state index >= 15 is 0 Å². The fourth-order valence-electron chi connectivity index (χ4n) is 1.02. The fraction of sp³-hybridized carbons (Fsp3) is 0.364. The Bertz CT molecular complexity index is 356. The second kappa shape index (κ2) is 4.21. The molecule has 0 spiro atoms. The van der Waals surface area contributed by atoms with Crippen molar-refractivity contribution < 1.29 is 9.53 Å². The predicted molar refractivity (Wildman–Crippen MR) is 59.8 cm³/mol. The number of ether oxygens (including phenoxy) is 1. The van der Waals surface area contributed by atoms with E-state index in [-0.39, 0.29) is 5.54 Å². The summed E-state index contributed by atoms with van der Waals surface area (Å²) in [7, 11) is 0. The van der Waals surface area contributed by atoms with E-state index in [1.165, 1.54) is 0 Å². The molecule has 15 heavy (non-hydrogen) atoms. The number of benzene rings is 1. The molecule has 4 heteroatoms. The van der Waals surface area contributed by atoms with Gasteiger partial charge in [0.2, 0.25) is 0 Å². The molecule has 0 saturated carbocycles. The van der Waals surface area contributed by atoms with Gasteiger partial charge in [0.25, 0.3) is 0 Å². The van der Waals surface area contributed by atoms with Crippen molar-refractivity contribution in [3.05, 3.63) is 24.3 Å². The molecule has 1 rings (SSSR count). The largest absolute Gasteiger partial charge is 0.413 e. The molecular weight excluding hydrogens is 192 g/mol. The molecule has 0 aliphatic rings. The van der Waals surface area contributed by atoms with Crippen molar-refractivity contribution in [1.82, 2.24) is 5.32 Å². The van der Waals surface area contributed by atoms with Crippen molar-refractivity contribution in [2.45, 2.75) is 26.3 Å². The van der Waals surface area contributed by atoms with Crippen molar-refractivity contribution in [2.24, 2.45) is 0 Å². The van der Waals surface area contributed by atoms with Crippen LogP contribution in [0.2, 0.25) is 0 Å². The zero-order chi connectivity index (χ0) is 11.5. The Morgan fingerprint density at radius 3 is 2.60 bits per heavy atom. The number of carbonyl (C=O) groups excluding carboxylic acids is 1. The van der Waals surface area contributed by atoms with Crippen LogP contribution >= 0.6 is 0 Å². The molecule has 0 aliphatic heterocycles. The molecular formula is C11H16N2O2. The highest BCUT2D eigenvalue weighted by molar-refractivity contribution is 5.71. The van der Waals surface area contributed by atoms with E-state index in [0.717, 1.165) is 0 Å². The van der Waals surface area contributed by atoms with E-state index in [1.807, 2.05) is 20.8 Å². The number of carbonyl (C=O) groups is 1. The van der Waals surface area contributed by atoms with Gasteiger partial charge in [-0.1, -0.05) is 6.07 Å². The van der Waals surface area contributed by atoms with Gasteiger partial charge in [-0.2, -0.15) is 0 Å². The molecule has 82 valence electrons. The molecule has 1 aromatic rings. The van der Waals surface area contributed by atoms with Crippen LogP contribution in [0.5, 0.6) is 5.75 Å². The van der Waals surface area contributed by atoms with Gasteiger partial charge in [-0.3, -0.25) is 0 Å². The molecule has 0 radical (unpaired) electrons. The summed E-state index contributed by atoms with van der Waals surface area (Å²) in [6.07, 6.45) is -0.479. The maximum atomic E-state index is 11.4. The lowest BCUT2D eigenvalue weighted by atomic mass is 10.1. The first-order chi connectivity index (χ1) is 6.87. The zero-order valence-corrected chi connectivity index (χ0v) is 9.20. The summed E-state index contributed by atoms with van der Waals surface area (Å²) in [4.78, 5) is 11.4. The highest BCUT2D eigenvalue weighted by Gasteiger charge is 2.14. The molecule has 1 amide bonds. The van der Waals surface area contributed by atoms with Crippen LogP contribution in [-0.4, -0.2) is 11.6 Å². The Balaban J connectivity index is 2.59. The quantitative estimate of drug-likeness (QED) is 0.695. The molecule has 0 fully saturated rings. The maximum absolute atomic E-state index is 11.4. The van der Waals surface area contributed by atoms with E-state index in [2.05, 4.69) is 5.32 Å². The molecule has 0 unspecified atom stereocenters. The number of amides is 1. The van der Waals surface area contributed by atoms with E-state index in [0.29, 0.717) is 11.4 Å². The van der Waals surface area contributed by atoms with Crippen molar-refractivity contribution in [3.63, 3.8) is 0 Å². The fourth-order valence-corrected chi connectivity index (χ4v) is 1.02. The van der Waals surface area contributed by atoms with E-state index in [1.54, 1.807) is 24.3 Å². The highest BCUT2D eigenvalue weighted by atomic mass is 16.6. The Morgan fingerprint density at radius 2 is 2.07 bits per heavy atom. The minimum absolute atomic E-state index is 0.308. The molecule has 0 saturated heterocycles. The van der Waals surface area contributed by atoms with Crippen LogP contribution in [-0.2, 0) is 0 Å². The van der Waals surface area contributed by atoms with E-state index in [4.69, 9.17) is 10.5 Å². The Labute approximate surface area is 89.4 Å². The van der Waals surface area contributed by atoms with Crippen LogP contribution in [0.15, 0.2) is 24.3 Å². The van der Waals surface area contributed by atoms with Gasteiger partial charge in [-0.25, -0.2) is 4.79 Å². The van der Waals surface area contributed by atoms with Crippen molar-refractivity contribution in [1.29, 1.82) is 0 Å². The van der Waals surface area contributed by atoms with Gasteiger partial charge in [-0.15, -0.1) is 0 Å². The first-order valence-electron chi connectivity index (χ1n) is 4.72. The van der Waals surface area contributed by atoms with Gasteiger partial charge >= 0.3 is 6.09 Å². The third kappa shape index (κ3) is 4.35. The lowest BCUT2D eigenvalue weighted by Crippen LogP contribution is -2.42. The van der Waals surface area contributed by atoms with Gasteiger partial charge in [0.05, 0.1) is 0 Å². The lowest BCUT2D eigenvalue weighted by Gasteiger charge is -2.19. The molecule has 0 aromatic heterocycles. The number of rotatable bonds is 1. The van der Waals surface area contributed by atoms with Gasteiger partial charge in [0.15, 0.2) is 0 Å². The predicted octanol–water partition coefficient (Wildman–Crippen LogP) is 2.16. The molecule has 1 aromatic carbocycles. The first kappa shape index (κ1) is 11.4. The van der Waals surface area contributed by atoms with Gasteiger partial charge in [-0.05, 0) is 32.9 Å². The van der Waals surface area contributed by atoms with Gasteiger partial charge < -0.3 is 15.8 Å². The molecule has 0 bridgehead atoms. The Morgan fingerprint density at radius 1 is 1.40 bits per heavy atom. The molecule has 0 heterocycles. The summed E-state index contributed by atoms with van der Waals surface area (Å²) in [6.45, 7) is 5.65. The average Bonchev–Trinajstić information content (AvgIpc) is 1.99. The average molecular weight is 208 g/mol. The Kier molecular flexibility index (Phi) is 3.19. The second-order valence-electron chi connectivity index (χ2n) is 4.34. The summed E-state index contributed by atoms with van der Waals surface area (Å²) >= 11 is 0. The van der Waals surface area contributed by atoms with Gasteiger partial charge in [0, 0.05) is 17.3 Å². The van der Waals surface area contributed by atoms with Crippen LogP contribution in [0, 0.1) is 0 Å². The van der Waals surface area contributed by atoms with Crippen molar-refractivity contribution in [3.8, 4) is 5.75 Å². The lowest BCUT2D eigenvalue weighted by molar-refractivity contribution is 0.190. The van der Waals surface area contributed by atoms with Crippen molar-refractivity contribution >= 4 is 11.8 Å². The Hall–Kier alpha value is -1.71. The summed E-state index contributed by atoms with van der Waals surface area (Å²) < 4.78 is 5.04. The third-order valence-corrected chi connectivity index (χ3v) is 1.55. The number of nitrogen functional groups attached to an aromatic ring is 1. The van der Waals surface area contributed by atoms with E-state index < -0.39 is 6.09 Å². The molecule has 4 nitrogen and oxygen atoms in total. The standard InChI is InChI=1S/C11H16N2O2/c1-11(2,3)13-10(14)15-9-6-4-5-8(12)7-9/h4-7H,12H2,1-3H3,(H,13,14). The minimum Gasteiger partial charge on any atom is -0.410 e. The third-order valence-electron chi connectivity index (χ3n) is 1.55. The summed E-state index contributed by atoms with van der Waals surface area (Å²) in [6, 6.07) is 6.74. The van der Waals surface area contributed by atoms with Crippen LogP contribution in [0.25, 0.3) is 0 Å². The monoisotopic (exact) mass is 208 g/mol. The summed E-state index contributed by atoms with van der Waals surface area (Å²) in [5.74, 6) is 0.441. The zero-order valence-electron chi connectivity index (χ0n) is 9.20. The maximum Gasteiger partial charge on any atom is 0.413 e. The number of nitrogens with two attached hydrogens (primary N) is 1. The van der Waals surface area contributed by atoms with Crippen LogP contribution in [0.3, 0.4) is 0 Å². The smallest absolute Gasteiger partial charge is 0.410 e. The first-order valence-corrected chi connectivity index (χ1v) is 4.72. The van der Waals surface area contributed by atoms with E-state index in [9.17, 15) is 4.79 Å². The second-order valence-corrected chi connectivity index (χ2v) is 4.34. The SMILES string of the molecule is CC(C)(C)NC(=O)Oc1cccc(N)c1. The normalized spacial score (nSPS) is 10.9. The highest BCUT2D eigenvalue weighted by Crippen LogP contribution is 2.14. The summed E-state index contributed by atoms with van der Waals surface area (Å²) in [5, 5.41) is 2.69. The minimum atomic E-state index is -0.479. The summed E-state index contributed by atoms with van der Waals surface area (Å²) in [5.41, 5.74) is 5.81. The number of hydrogen-bond donors (Lipinski definition) is 2. The van der Waals surface area contributed by atoms with Crippen LogP contribution in [0.1, 0.15) is 20.8 Å². The number of hydrogen-bond acceptors (Lipinski definition) is 3. The van der Waals surface area contributed by atoms with Crippen LogP contribution < -0.4 is 15.8 Å². The molecule has 0 atom stereocenters. The number of anilines is 1. The van der Waals surface area contributed by atoms with Gasteiger partial charge in [0.1, 0.15) is 5.75 Å². The van der Waals surface area contributed by atoms with Crippen molar-refractivity contribution in [2.75, 3.05) is 5.73 Å². The molecule has 0 aliphatic carbocycles. The molecule has 3 N–H and O–H groups in total.